The number of hydrogen-bond donors (Lipinski definition) is 0. The van der Waals surface area contributed by atoms with Gasteiger partial charge in [-0.05, 0) is 52.7 Å². The van der Waals surface area contributed by atoms with Crippen LogP contribution in [-0.4, -0.2) is 58.8 Å². The first-order valence-electron chi connectivity index (χ1n) is 9.61. The number of ether oxygens (including phenoxy) is 2. The van der Waals surface area contributed by atoms with Crippen LogP contribution in [0.2, 0.25) is 0 Å². The van der Waals surface area contributed by atoms with Crippen LogP contribution < -0.4 is 4.90 Å². The molecular weight excluding hydrogens is 365 g/mol. The Balaban J connectivity index is 1.75. The van der Waals surface area contributed by atoms with E-state index in [1.165, 1.54) is 6.20 Å². The minimum absolute atomic E-state index is 0.206. The molecule has 2 amide bonds. The van der Waals surface area contributed by atoms with Gasteiger partial charge in [0.05, 0.1) is 23.5 Å². The smallest absolute Gasteiger partial charge is 0.410 e. The molecule has 1 aromatic heterocycles. The molecule has 154 valence electrons. The van der Waals surface area contributed by atoms with Gasteiger partial charge < -0.3 is 19.3 Å². The zero-order valence-corrected chi connectivity index (χ0v) is 16.9. The van der Waals surface area contributed by atoms with Gasteiger partial charge in [-0.2, -0.15) is 0 Å². The lowest BCUT2D eigenvalue weighted by atomic mass is 9.88. The van der Waals surface area contributed by atoms with Gasteiger partial charge in [-0.3, -0.25) is 9.78 Å². The molecule has 3 rings (SSSR count). The maximum atomic E-state index is 13.4. The summed E-state index contributed by atoms with van der Waals surface area (Å²) in [4.78, 5) is 32.3. The van der Waals surface area contributed by atoms with Gasteiger partial charge >= 0.3 is 6.09 Å². The minimum atomic E-state index is -0.741. The van der Waals surface area contributed by atoms with E-state index in [0.29, 0.717) is 38.2 Å². The third-order valence-electron chi connectivity index (χ3n) is 5.10. The lowest BCUT2D eigenvalue weighted by molar-refractivity contribution is -0.161. The Labute approximate surface area is 164 Å². The lowest BCUT2D eigenvalue weighted by Crippen LogP contribution is -2.62. The van der Waals surface area contributed by atoms with E-state index in [0.717, 1.165) is 0 Å². The number of nitrogens with zero attached hydrogens (tertiary/aromatic N) is 3. The molecule has 0 aromatic carbocycles. The van der Waals surface area contributed by atoms with Gasteiger partial charge in [-0.25, -0.2) is 9.18 Å². The largest absolute Gasteiger partial charge is 0.444 e. The molecule has 1 atom stereocenters. The van der Waals surface area contributed by atoms with Crippen molar-refractivity contribution in [2.45, 2.75) is 64.5 Å². The number of piperidine rings is 1. The lowest BCUT2D eigenvalue weighted by Gasteiger charge is -2.49. The molecule has 2 saturated heterocycles. The highest BCUT2D eigenvalue weighted by atomic mass is 19.1. The molecule has 28 heavy (non-hydrogen) atoms. The molecule has 2 fully saturated rings. The van der Waals surface area contributed by atoms with Crippen molar-refractivity contribution in [1.29, 1.82) is 0 Å². The number of morpholine rings is 1. The van der Waals surface area contributed by atoms with Crippen LogP contribution >= 0.6 is 0 Å². The minimum Gasteiger partial charge on any atom is -0.444 e. The van der Waals surface area contributed by atoms with Gasteiger partial charge in [0.1, 0.15) is 18.4 Å². The number of carbonyl (C=O) groups excluding carboxylic acids is 2. The molecule has 0 aliphatic carbocycles. The molecule has 1 spiro atoms. The fourth-order valence-electron chi connectivity index (χ4n) is 3.73. The summed E-state index contributed by atoms with van der Waals surface area (Å²) in [6.45, 7) is 7.75. The first-order valence-corrected chi connectivity index (χ1v) is 9.61. The maximum absolute atomic E-state index is 13.4. The predicted molar refractivity (Wildman–Crippen MR) is 102 cm³/mol. The number of likely N-dealkylation sites (tertiary alicyclic amines) is 1. The van der Waals surface area contributed by atoms with Crippen LogP contribution in [0.5, 0.6) is 0 Å². The number of amides is 2. The number of hydrogen-bond acceptors (Lipinski definition) is 5. The second-order valence-corrected chi connectivity index (χ2v) is 8.44. The first kappa shape index (κ1) is 20.5. The Bertz CT molecular complexity index is 741. The van der Waals surface area contributed by atoms with Crippen molar-refractivity contribution in [1.82, 2.24) is 9.88 Å². The Morgan fingerprint density at radius 1 is 1.39 bits per heavy atom. The molecule has 0 saturated carbocycles. The van der Waals surface area contributed by atoms with Crippen molar-refractivity contribution in [3.05, 3.63) is 24.0 Å². The van der Waals surface area contributed by atoms with Gasteiger partial charge in [0, 0.05) is 19.3 Å². The molecule has 0 bridgehead atoms. The van der Waals surface area contributed by atoms with E-state index in [4.69, 9.17) is 9.47 Å². The van der Waals surface area contributed by atoms with Gasteiger partial charge in [0.25, 0.3) is 5.91 Å². The van der Waals surface area contributed by atoms with Crippen molar-refractivity contribution >= 4 is 17.7 Å². The second-order valence-electron chi connectivity index (χ2n) is 8.44. The summed E-state index contributed by atoms with van der Waals surface area (Å²) in [5.74, 6) is -0.206. The summed E-state index contributed by atoms with van der Waals surface area (Å²) in [5, 5.41) is 0. The molecule has 8 heteroatoms. The number of alkyl halides is 1. The molecular formula is C20H28FN3O4. The SMILES string of the molecule is CC1OC2(CCN(C(=O)OC(C)(C)C)CC2)CN(c2cccnc2CF)C1=O. The van der Waals surface area contributed by atoms with Crippen LogP contribution in [0.3, 0.4) is 0 Å². The fourth-order valence-corrected chi connectivity index (χ4v) is 3.73. The standard InChI is InChI=1S/C20H28FN3O4/c1-14-17(25)24(16-6-5-9-22-15(16)12-21)13-20(27-14)7-10-23(11-8-20)18(26)28-19(2,3)4/h5-6,9,14H,7-8,10-13H2,1-4H3. The number of halogens is 1. The van der Waals surface area contributed by atoms with Crippen LogP contribution in [0.25, 0.3) is 0 Å². The third kappa shape index (κ3) is 4.27. The number of carbonyl (C=O) groups is 2. The van der Waals surface area contributed by atoms with Gasteiger partial charge in [-0.1, -0.05) is 0 Å². The molecule has 2 aliphatic heterocycles. The Morgan fingerprint density at radius 2 is 2.07 bits per heavy atom. The molecule has 2 aliphatic rings. The maximum Gasteiger partial charge on any atom is 0.410 e. The van der Waals surface area contributed by atoms with E-state index in [1.54, 1.807) is 28.9 Å². The van der Waals surface area contributed by atoms with E-state index in [1.807, 2.05) is 20.8 Å². The number of anilines is 1. The van der Waals surface area contributed by atoms with Gasteiger partial charge in [0.2, 0.25) is 0 Å². The monoisotopic (exact) mass is 393 g/mol. The number of aromatic nitrogens is 1. The quantitative estimate of drug-likeness (QED) is 0.772. The normalized spacial score (nSPS) is 22.5. The highest BCUT2D eigenvalue weighted by Gasteiger charge is 2.47. The Kier molecular flexibility index (Phi) is 5.61. The van der Waals surface area contributed by atoms with Crippen molar-refractivity contribution in [2.24, 2.45) is 0 Å². The Morgan fingerprint density at radius 3 is 2.68 bits per heavy atom. The van der Waals surface area contributed by atoms with E-state index >= 15 is 0 Å². The molecule has 3 heterocycles. The summed E-state index contributed by atoms with van der Waals surface area (Å²) in [6.07, 6.45) is 1.68. The van der Waals surface area contributed by atoms with Crippen LogP contribution in [-0.2, 0) is 20.9 Å². The molecule has 7 nitrogen and oxygen atoms in total. The second kappa shape index (κ2) is 7.66. The summed E-state index contributed by atoms with van der Waals surface area (Å²) >= 11 is 0. The van der Waals surface area contributed by atoms with Crippen molar-refractivity contribution in [2.75, 3.05) is 24.5 Å². The average Bonchev–Trinajstić information content (AvgIpc) is 2.64. The van der Waals surface area contributed by atoms with Gasteiger partial charge in [0.15, 0.2) is 0 Å². The van der Waals surface area contributed by atoms with E-state index in [-0.39, 0.29) is 17.7 Å². The van der Waals surface area contributed by atoms with Crippen molar-refractivity contribution in [3.63, 3.8) is 0 Å². The molecule has 0 N–H and O–H groups in total. The highest BCUT2D eigenvalue weighted by Crippen LogP contribution is 2.36. The zero-order chi connectivity index (χ0) is 20.5. The summed E-state index contributed by atoms with van der Waals surface area (Å²) in [7, 11) is 0. The van der Waals surface area contributed by atoms with Crippen LogP contribution in [0.1, 0.15) is 46.2 Å². The van der Waals surface area contributed by atoms with Crippen LogP contribution in [0.15, 0.2) is 18.3 Å². The van der Waals surface area contributed by atoms with Crippen LogP contribution in [0.4, 0.5) is 14.9 Å². The molecule has 1 aromatic rings. The van der Waals surface area contributed by atoms with E-state index < -0.39 is 24.0 Å². The first-order chi connectivity index (χ1) is 13.1. The fraction of sp³-hybridized carbons (Fsp3) is 0.650. The molecule has 0 radical (unpaired) electrons. The summed E-state index contributed by atoms with van der Waals surface area (Å²) in [6, 6.07) is 3.40. The summed E-state index contributed by atoms with van der Waals surface area (Å²) in [5.41, 5.74) is -0.394. The number of pyridine rings is 1. The van der Waals surface area contributed by atoms with Gasteiger partial charge in [-0.15, -0.1) is 0 Å². The predicted octanol–water partition coefficient (Wildman–Crippen LogP) is 3.07. The van der Waals surface area contributed by atoms with Crippen molar-refractivity contribution in [3.8, 4) is 0 Å². The topological polar surface area (TPSA) is 72.0 Å². The Hall–Kier alpha value is -2.22. The van der Waals surface area contributed by atoms with E-state index in [9.17, 15) is 14.0 Å². The number of rotatable bonds is 2. The third-order valence-corrected chi connectivity index (χ3v) is 5.10. The highest BCUT2D eigenvalue weighted by molar-refractivity contribution is 5.97. The van der Waals surface area contributed by atoms with E-state index in [2.05, 4.69) is 4.98 Å². The average molecular weight is 393 g/mol. The molecule has 1 unspecified atom stereocenters. The summed E-state index contributed by atoms with van der Waals surface area (Å²) < 4.78 is 24.9. The zero-order valence-electron chi connectivity index (χ0n) is 16.9. The van der Waals surface area contributed by atoms with Crippen LogP contribution in [0, 0.1) is 0 Å². The van der Waals surface area contributed by atoms with Crippen molar-refractivity contribution < 1.29 is 23.5 Å².